The summed E-state index contributed by atoms with van der Waals surface area (Å²) in [7, 11) is -3.99. The molecule has 0 amide bonds. The van der Waals surface area contributed by atoms with Gasteiger partial charge in [0.15, 0.2) is 5.60 Å². The van der Waals surface area contributed by atoms with Crippen molar-refractivity contribution in [3.05, 3.63) is 108 Å². The summed E-state index contributed by atoms with van der Waals surface area (Å²) in [4.78, 5) is 0. The summed E-state index contributed by atoms with van der Waals surface area (Å²) in [5.74, 6) is 0. The van der Waals surface area contributed by atoms with Crippen LogP contribution in [0, 0.1) is 0 Å². The number of para-hydroxylation sites is 3. The summed E-state index contributed by atoms with van der Waals surface area (Å²) in [6.45, 7) is 9.20. The minimum absolute atomic E-state index is 0.848. The Morgan fingerprint density at radius 1 is 0.521 bits per heavy atom. The first-order valence-electron chi connectivity index (χ1n) is 18.0. The molecular weight excluding hydrogens is 615 g/mol. The van der Waals surface area contributed by atoms with Crippen LogP contribution in [0.15, 0.2) is 91.4 Å². The standard InChI is InChI=1S/C41H51N3O3S/c1-5-8-17-26-42-29-35(32-20-11-14-23-38(32)42)41(47-48(4,45)46,36-30-43(27-18-9-6-2)39-24-15-12-21-33(36)39)37-31-44(28-19-10-7-3)40-25-16-13-22-34(37)40/h11-16,20-25,29-31H,5-10,17-19,26-28H2,1-4H3. The first-order valence-corrected chi connectivity index (χ1v) is 19.8. The fourth-order valence-corrected chi connectivity index (χ4v) is 8.25. The fourth-order valence-electron chi connectivity index (χ4n) is 7.53. The highest BCUT2D eigenvalue weighted by Gasteiger charge is 2.47. The van der Waals surface area contributed by atoms with E-state index in [4.69, 9.17) is 4.18 Å². The number of unbranched alkanes of at least 4 members (excludes halogenated alkanes) is 6. The van der Waals surface area contributed by atoms with Crippen molar-refractivity contribution >= 4 is 42.8 Å². The van der Waals surface area contributed by atoms with Gasteiger partial charge in [0, 0.05) is 87.6 Å². The molecule has 7 heteroatoms. The number of benzene rings is 3. The van der Waals surface area contributed by atoms with Crippen molar-refractivity contribution in [2.75, 3.05) is 6.26 Å². The van der Waals surface area contributed by atoms with E-state index < -0.39 is 15.7 Å². The zero-order chi connectivity index (χ0) is 33.7. The SMILES string of the molecule is CCCCCn1cc(C(OS(C)(=O)=O)(c2cn(CCCCC)c3ccccc23)c2cn(CCCCC)c3ccccc23)c2ccccc21. The lowest BCUT2D eigenvalue weighted by Gasteiger charge is -2.33. The Morgan fingerprint density at radius 2 is 0.833 bits per heavy atom. The van der Waals surface area contributed by atoms with Crippen LogP contribution in [-0.4, -0.2) is 28.4 Å². The molecule has 0 unspecified atom stereocenters. The lowest BCUT2D eigenvalue weighted by Crippen LogP contribution is -2.35. The van der Waals surface area contributed by atoms with E-state index in [0.29, 0.717) is 0 Å². The van der Waals surface area contributed by atoms with Gasteiger partial charge in [-0.15, -0.1) is 0 Å². The molecule has 0 spiro atoms. The second-order valence-corrected chi connectivity index (χ2v) is 14.9. The largest absolute Gasteiger partial charge is 0.347 e. The molecule has 3 aromatic carbocycles. The molecule has 0 bridgehead atoms. The number of rotatable bonds is 17. The maximum atomic E-state index is 13.8. The average Bonchev–Trinajstić information content (AvgIpc) is 3.77. The zero-order valence-electron chi connectivity index (χ0n) is 29.1. The molecule has 0 saturated carbocycles. The number of aromatic nitrogens is 3. The Labute approximate surface area is 286 Å². The van der Waals surface area contributed by atoms with E-state index >= 15 is 0 Å². The smallest absolute Gasteiger partial charge is 0.265 e. The predicted molar refractivity (Wildman–Crippen MR) is 200 cm³/mol. The number of hydrogen-bond acceptors (Lipinski definition) is 3. The van der Waals surface area contributed by atoms with Gasteiger partial charge in [-0.1, -0.05) is 114 Å². The minimum atomic E-state index is -3.99. The molecule has 0 radical (unpaired) electrons. The van der Waals surface area contributed by atoms with Crippen LogP contribution in [0.4, 0.5) is 0 Å². The van der Waals surface area contributed by atoms with Crippen molar-refractivity contribution in [1.29, 1.82) is 0 Å². The summed E-state index contributed by atoms with van der Waals surface area (Å²) in [6.07, 6.45) is 17.6. The molecule has 0 aliphatic carbocycles. The average molecular weight is 666 g/mol. The Kier molecular flexibility index (Phi) is 10.5. The van der Waals surface area contributed by atoms with Crippen LogP contribution in [0.3, 0.4) is 0 Å². The number of aryl methyl sites for hydroxylation is 3. The van der Waals surface area contributed by atoms with Gasteiger partial charge >= 0.3 is 0 Å². The molecule has 6 nitrogen and oxygen atoms in total. The van der Waals surface area contributed by atoms with E-state index in [9.17, 15) is 8.42 Å². The van der Waals surface area contributed by atoms with Crippen molar-refractivity contribution in [2.24, 2.45) is 0 Å². The summed E-state index contributed by atoms with van der Waals surface area (Å²) in [5.41, 5.74) is 4.37. The van der Waals surface area contributed by atoms with Gasteiger partial charge in [0.25, 0.3) is 10.1 Å². The second-order valence-electron chi connectivity index (χ2n) is 13.3. The number of fused-ring (bicyclic) bond motifs is 3. The molecule has 6 aromatic rings. The van der Waals surface area contributed by atoms with Gasteiger partial charge in [0.2, 0.25) is 0 Å². The molecule has 0 aliphatic rings. The lowest BCUT2D eigenvalue weighted by atomic mass is 9.80. The van der Waals surface area contributed by atoms with Crippen LogP contribution in [-0.2, 0) is 39.5 Å². The first-order chi connectivity index (χ1) is 23.3. The van der Waals surface area contributed by atoms with Crippen molar-refractivity contribution in [3.8, 4) is 0 Å². The molecule has 3 aromatic heterocycles. The van der Waals surface area contributed by atoms with Gasteiger partial charge < -0.3 is 13.7 Å². The summed E-state index contributed by atoms with van der Waals surface area (Å²) < 4.78 is 41.2. The third kappa shape index (κ3) is 6.59. The van der Waals surface area contributed by atoms with Crippen LogP contribution in [0.5, 0.6) is 0 Å². The maximum Gasteiger partial charge on any atom is 0.265 e. The van der Waals surface area contributed by atoms with Gasteiger partial charge in [-0.05, 0) is 37.5 Å². The van der Waals surface area contributed by atoms with E-state index in [1.165, 1.54) is 6.26 Å². The van der Waals surface area contributed by atoms with Crippen LogP contribution in [0.1, 0.15) is 95.2 Å². The predicted octanol–water partition coefficient (Wildman–Crippen LogP) is 10.4. The Hall–Kier alpha value is -3.81. The molecule has 0 N–H and O–H groups in total. The topological polar surface area (TPSA) is 58.2 Å². The number of hydrogen-bond donors (Lipinski definition) is 0. The molecule has 3 heterocycles. The van der Waals surface area contributed by atoms with Crippen molar-refractivity contribution < 1.29 is 12.6 Å². The lowest BCUT2D eigenvalue weighted by molar-refractivity contribution is 0.170. The Balaban J connectivity index is 1.75. The van der Waals surface area contributed by atoms with Crippen molar-refractivity contribution in [2.45, 2.75) is 104 Å². The van der Waals surface area contributed by atoms with Crippen molar-refractivity contribution in [3.63, 3.8) is 0 Å². The van der Waals surface area contributed by atoms with Crippen LogP contribution in [0.2, 0.25) is 0 Å². The van der Waals surface area contributed by atoms with E-state index in [1.807, 2.05) is 0 Å². The highest BCUT2D eigenvalue weighted by molar-refractivity contribution is 7.86. The summed E-state index contributed by atoms with van der Waals surface area (Å²) >= 11 is 0. The number of nitrogens with zero attached hydrogens (tertiary/aromatic N) is 3. The highest BCUT2D eigenvalue weighted by atomic mass is 32.2. The van der Waals surface area contributed by atoms with Crippen molar-refractivity contribution in [1.82, 2.24) is 13.7 Å². The molecular formula is C41H51N3O3S. The highest BCUT2D eigenvalue weighted by Crippen LogP contribution is 2.50. The third-order valence-electron chi connectivity index (χ3n) is 9.79. The molecule has 0 aliphatic heterocycles. The van der Waals surface area contributed by atoms with Gasteiger partial charge in [0.1, 0.15) is 0 Å². The van der Waals surface area contributed by atoms with E-state index in [1.54, 1.807) is 0 Å². The zero-order valence-corrected chi connectivity index (χ0v) is 29.9. The maximum absolute atomic E-state index is 13.8. The first kappa shape index (κ1) is 34.1. The molecule has 0 saturated heterocycles. The van der Waals surface area contributed by atoms with Gasteiger partial charge in [-0.3, -0.25) is 0 Å². The van der Waals surface area contributed by atoms with Crippen LogP contribution < -0.4 is 0 Å². The van der Waals surface area contributed by atoms with Crippen LogP contribution in [0.25, 0.3) is 32.7 Å². The quantitative estimate of drug-likeness (QED) is 0.0720. The molecule has 0 fully saturated rings. The van der Waals surface area contributed by atoms with Gasteiger partial charge in [-0.2, -0.15) is 8.42 Å². The van der Waals surface area contributed by atoms with E-state index in [-0.39, 0.29) is 0 Å². The fraction of sp³-hybridized carbons (Fsp3) is 0.415. The third-order valence-corrected chi connectivity index (χ3v) is 10.3. The monoisotopic (exact) mass is 665 g/mol. The van der Waals surface area contributed by atoms with Gasteiger partial charge in [-0.25, -0.2) is 4.18 Å². The van der Waals surface area contributed by atoms with Gasteiger partial charge in [0.05, 0.1) is 6.26 Å². The van der Waals surface area contributed by atoms with E-state index in [0.717, 1.165) is 127 Å². The molecule has 6 rings (SSSR count). The Morgan fingerprint density at radius 3 is 1.12 bits per heavy atom. The summed E-state index contributed by atoms with van der Waals surface area (Å²) in [5, 5.41) is 3.01. The minimum Gasteiger partial charge on any atom is -0.347 e. The summed E-state index contributed by atoms with van der Waals surface area (Å²) in [6, 6.07) is 25.2. The van der Waals surface area contributed by atoms with E-state index in [2.05, 4.69) is 126 Å². The Bertz CT molecular complexity index is 1890. The molecule has 254 valence electrons. The molecule has 0 atom stereocenters. The normalized spacial score (nSPS) is 12.6. The molecule has 48 heavy (non-hydrogen) atoms. The van der Waals surface area contributed by atoms with Crippen LogP contribution >= 0.6 is 0 Å². The second kappa shape index (κ2) is 14.8.